The lowest BCUT2D eigenvalue weighted by Gasteiger charge is -2.08. The summed E-state index contributed by atoms with van der Waals surface area (Å²) in [7, 11) is 0. The van der Waals surface area contributed by atoms with Gasteiger partial charge in [0, 0.05) is 12.1 Å². The van der Waals surface area contributed by atoms with Gasteiger partial charge in [-0.1, -0.05) is 24.6 Å². The molecule has 0 heterocycles. The number of carbonyl (C=O) groups is 1. The Bertz CT molecular complexity index is 382. The largest absolute Gasteiger partial charge is 0.508 e. The first-order chi connectivity index (χ1) is 8.61. The summed E-state index contributed by atoms with van der Waals surface area (Å²) in [5, 5.41) is 21.3. The highest BCUT2D eigenvalue weighted by molar-refractivity contribution is 5.72. The number of phenols is 1. The molecule has 1 aromatic carbocycles. The van der Waals surface area contributed by atoms with Crippen molar-refractivity contribution in [2.24, 2.45) is 5.73 Å². The summed E-state index contributed by atoms with van der Waals surface area (Å²) in [6.45, 7) is 1.39. The molecule has 0 aromatic heterocycles. The second kappa shape index (κ2) is 7.68. The van der Waals surface area contributed by atoms with Crippen LogP contribution in [0.25, 0.3) is 0 Å². The van der Waals surface area contributed by atoms with Crippen molar-refractivity contribution in [2.45, 2.75) is 31.8 Å². The predicted octanol–water partition coefficient (Wildman–Crippen LogP) is 1.06. The zero-order valence-electron chi connectivity index (χ0n) is 10.3. The molecule has 1 unspecified atom stereocenters. The van der Waals surface area contributed by atoms with Gasteiger partial charge in [0.2, 0.25) is 0 Å². The lowest BCUT2D eigenvalue weighted by atomic mass is 10.1. The van der Waals surface area contributed by atoms with E-state index in [1.165, 1.54) is 0 Å². The van der Waals surface area contributed by atoms with Crippen LogP contribution in [0, 0.1) is 0 Å². The first kappa shape index (κ1) is 14.5. The summed E-state index contributed by atoms with van der Waals surface area (Å²) in [6.07, 6.45) is 2.14. The van der Waals surface area contributed by atoms with Crippen molar-refractivity contribution in [3.8, 4) is 5.75 Å². The van der Waals surface area contributed by atoms with Gasteiger partial charge >= 0.3 is 5.97 Å². The Balaban J connectivity index is 2.09. The van der Waals surface area contributed by atoms with Crippen molar-refractivity contribution in [3.63, 3.8) is 0 Å². The molecule has 5 heteroatoms. The highest BCUT2D eigenvalue weighted by Gasteiger charge is 2.09. The van der Waals surface area contributed by atoms with Crippen molar-refractivity contribution in [1.29, 1.82) is 0 Å². The normalized spacial score (nSPS) is 12.3. The van der Waals surface area contributed by atoms with Crippen LogP contribution in [0.15, 0.2) is 24.3 Å². The first-order valence-electron chi connectivity index (χ1n) is 6.07. The van der Waals surface area contributed by atoms with E-state index in [0.29, 0.717) is 13.0 Å². The zero-order valence-corrected chi connectivity index (χ0v) is 10.3. The number of aliphatic carboxylic acids is 1. The lowest BCUT2D eigenvalue weighted by Crippen LogP contribution is -2.30. The highest BCUT2D eigenvalue weighted by Crippen LogP contribution is 2.14. The Labute approximate surface area is 107 Å². The number of para-hydroxylation sites is 1. The van der Waals surface area contributed by atoms with E-state index in [2.05, 4.69) is 5.32 Å². The summed E-state index contributed by atoms with van der Waals surface area (Å²) < 4.78 is 0. The number of unbranched alkanes of at least 4 members (excludes halogenated alkanes) is 1. The minimum Gasteiger partial charge on any atom is -0.508 e. The van der Waals surface area contributed by atoms with Crippen molar-refractivity contribution in [3.05, 3.63) is 29.8 Å². The monoisotopic (exact) mass is 252 g/mol. The number of nitrogens with one attached hydrogen (secondary N) is 1. The molecule has 5 nitrogen and oxygen atoms in total. The Hall–Kier alpha value is -1.59. The van der Waals surface area contributed by atoms with E-state index < -0.39 is 12.0 Å². The van der Waals surface area contributed by atoms with Crippen LogP contribution in [-0.2, 0) is 11.3 Å². The molecule has 5 N–H and O–H groups in total. The van der Waals surface area contributed by atoms with Crippen LogP contribution >= 0.6 is 0 Å². The highest BCUT2D eigenvalue weighted by atomic mass is 16.4. The number of hydrogen-bond donors (Lipinski definition) is 4. The molecule has 0 spiro atoms. The third-order valence-corrected chi connectivity index (χ3v) is 2.74. The third-order valence-electron chi connectivity index (χ3n) is 2.74. The van der Waals surface area contributed by atoms with Crippen LogP contribution in [0.5, 0.6) is 5.75 Å². The number of rotatable bonds is 8. The average molecular weight is 252 g/mol. The molecule has 100 valence electrons. The molecule has 0 aliphatic heterocycles. The van der Waals surface area contributed by atoms with Gasteiger partial charge in [0.1, 0.15) is 11.8 Å². The maximum atomic E-state index is 10.5. The van der Waals surface area contributed by atoms with Gasteiger partial charge in [-0.2, -0.15) is 0 Å². The lowest BCUT2D eigenvalue weighted by molar-refractivity contribution is -0.138. The quantitative estimate of drug-likeness (QED) is 0.519. The number of carboxylic acid groups (broad SMARTS) is 1. The predicted molar refractivity (Wildman–Crippen MR) is 69.3 cm³/mol. The second-order valence-electron chi connectivity index (χ2n) is 4.25. The van der Waals surface area contributed by atoms with Crippen LogP contribution in [0.3, 0.4) is 0 Å². The van der Waals surface area contributed by atoms with Crippen molar-refractivity contribution in [1.82, 2.24) is 5.32 Å². The maximum Gasteiger partial charge on any atom is 0.320 e. The molecule has 1 aromatic rings. The van der Waals surface area contributed by atoms with Crippen LogP contribution < -0.4 is 11.1 Å². The molecule has 0 radical (unpaired) electrons. The molecule has 0 bridgehead atoms. The first-order valence-corrected chi connectivity index (χ1v) is 6.07. The topological polar surface area (TPSA) is 95.6 Å². The van der Waals surface area contributed by atoms with Crippen LogP contribution in [-0.4, -0.2) is 28.8 Å². The van der Waals surface area contributed by atoms with Gasteiger partial charge in [-0.25, -0.2) is 0 Å². The van der Waals surface area contributed by atoms with E-state index in [9.17, 15) is 9.90 Å². The van der Waals surface area contributed by atoms with Gasteiger partial charge in [0.15, 0.2) is 0 Å². The minimum atomic E-state index is -0.947. The van der Waals surface area contributed by atoms with Gasteiger partial charge in [-0.15, -0.1) is 0 Å². The number of carboxylic acids is 1. The van der Waals surface area contributed by atoms with Crippen molar-refractivity contribution in [2.75, 3.05) is 6.54 Å². The van der Waals surface area contributed by atoms with E-state index in [0.717, 1.165) is 24.9 Å². The molecule has 0 fully saturated rings. The van der Waals surface area contributed by atoms with E-state index in [4.69, 9.17) is 10.8 Å². The van der Waals surface area contributed by atoms with Crippen molar-refractivity contribution >= 4 is 5.97 Å². The molecule has 0 saturated carbocycles. The maximum absolute atomic E-state index is 10.5. The van der Waals surface area contributed by atoms with Gasteiger partial charge in [0.25, 0.3) is 0 Å². The van der Waals surface area contributed by atoms with Gasteiger partial charge in [0.05, 0.1) is 0 Å². The van der Waals surface area contributed by atoms with Crippen molar-refractivity contribution < 1.29 is 15.0 Å². The number of hydrogen-bond acceptors (Lipinski definition) is 4. The summed E-state index contributed by atoms with van der Waals surface area (Å²) >= 11 is 0. The molecular formula is C13H20N2O3. The molecular weight excluding hydrogens is 232 g/mol. The molecule has 0 aliphatic rings. The minimum absolute atomic E-state index is 0.290. The fourth-order valence-corrected chi connectivity index (χ4v) is 1.62. The number of benzene rings is 1. The average Bonchev–Trinajstić information content (AvgIpc) is 2.35. The second-order valence-corrected chi connectivity index (χ2v) is 4.25. The number of aromatic hydroxyl groups is 1. The molecule has 1 rings (SSSR count). The summed E-state index contributed by atoms with van der Waals surface area (Å²) in [5.41, 5.74) is 6.25. The van der Waals surface area contributed by atoms with Gasteiger partial charge < -0.3 is 21.3 Å². The fourth-order valence-electron chi connectivity index (χ4n) is 1.62. The molecule has 0 aliphatic carbocycles. The Kier molecular flexibility index (Phi) is 6.18. The standard InChI is InChI=1S/C13H20N2O3/c14-11(13(17)18)6-3-4-8-15-9-10-5-1-2-7-12(10)16/h1-2,5,7,11,15-16H,3-4,6,8-9,14H2,(H,17,18). The van der Waals surface area contributed by atoms with Gasteiger partial charge in [-0.3, -0.25) is 4.79 Å². The van der Waals surface area contributed by atoms with Crippen LogP contribution in [0.1, 0.15) is 24.8 Å². The fraction of sp³-hybridized carbons (Fsp3) is 0.462. The van der Waals surface area contributed by atoms with E-state index in [-0.39, 0.29) is 5.75 Å². The summed E-state index contributed by atoms with van der Waals surface area (Å²) in [4.78, 5) is 10.5. The van der Waals surface area contributed by atoms with E-state index in [1.807, 2.05) is 12.1 Å². The Morgan fingerprint density at radius 2 is 2.06 bits per heavy atom. The summed E-state index contributed by atoms with van der Waals surface area (Å²) in [6, 6.07) is 6.42. The SMILES string of the molecule is NC(CCCCNCc1ccccc1O)C(=O)O. The zero-order chi connectivity index (χ0) is 13.4. The number of nitrogens with two attached hydrogens (primary N) is 1. The molecule has 1 atom stereocenters. The van der Waals surface area contributed by atoms with E-state index >= 15 is 0 Å². The molecule has 0 amide bonds. The Morgan fingerprint density at radius 1 is 1.33 bits per heavy atom. The molecule has 0 saturated heterocycles. The third kappa shape index (κ3) is 5.16. The smallest absolute Gasteiger partial charge is 0.320 e. The Morgan fingerprint density at radius 3 is 2.72 bits per heavy atom. The number of phenolic OH excluding ortho intramolecular Hbond substituents is 1. The van der Waals surface area contributed by atoms with Gasteiger partial charge in [-0.05, 0) is 25.5 Å². The van der Waals surface area contributed by atoms with E-state index in [1.54, 1.807) is 12.1 Å². The molecule has 18 heavy (non-hydrogen) atoms. The summed E-state index contributed by atoms with van der Waals surface area (Å²) in [5.74, 6) is -0.657. The van der Waals surface area contributed by atoms with Crippen LogP contribution in [0.4, 0.5) is 0 Å². The van der Waals surface area contributed by atoms with Crippen LogP contribution in [0.2, 0.25) is 0 Å².